The maximum Gasteiger partial charge on any atom is 0.326 e. The number of benzene rings is 1. The molecule has 242 valence electrons. The van der Waals surface area contributed by atoms with E-state index >= 15 is 0 Å². The van der Waals surface area contributed by atoms with Crippen molar-refractivity contribution in [1.29, 1.82) is 0 Å². The molecule has 1 aliphatic heterocycles. The number of hydrogen-bond acceptors (Lipinski definition) is 7. The van der Waals surface area contributed by atoms with Gasteiger partial charge in [-0.05, 0) is 31.0 Å². The summed E-state index contributed by atoms with van der Waals surface area (Å²) in [5.74, 6) is -2.02. The van der Waals surface area contributed by atoms with Gasteiger partial charge in [-0.15, -0.1) is 0 Å². The van der Waals surface area contributed by atoms with E-state index in [0.717, 1.165) is 5.56 Å². The van der Waals surface area contributed by atoms with Crippen LogP contribution in [0.1, 0.15) is 60.5 Å². The van der Waals surface area contributed by atoms with Gasteiger partial charge in [-0.1, -0.05) is 78.8 Å². The summed E-state index contributed by atoms with van der Waals surface area (Å²) < 4.78 is 0. The van der Waals surface area contributed by atoms with Gasteiger partial charge in [-0.3, -0.25) is 19.3 Å². The maximum atomic E-state index is 14.1. The smallest absolute Gasteiger partial charge is 0.326 e. The highest BCUT2D eigenvalue weighted by Crippen LogP contribution is 2.29. The van der Waals surface area contributed by atoms with E-state index in [1.54, 1.807) is 30.9 Å². The first-order valence-corrected chi connectivity index (χ1v) is 15.0. The molecule has 0 aromatic heterocycles. The van der Waals surface area contributed by atoms with Crippen LogP contribution >= 0.6 is 0 Å². The first-order valence-electron chi connectivity index (χ1n) is 15.0. The summed E-state index contributed by atoms with van der Waals surface area (Å²) in [6.07, 6.45) is -0.860. The summed E-state index contributed by atoms with van der Waals surface area (Å²) in [7, 11) is 5.21. The first kappa shape index (κ1) is 36.2. The van der Waals surface area contributed by atoms with Crippen molar-refractivity contribution in [2.75, 3.05) is 40.8 Å². The topological polar surface area (TPSA) is 143 Å². The predicted molar refractivity (Wildman–Crippen MR) is 166 cm³/mol. The second kappa shape index (κ2) is 14.6. The Kier molecular flexibility index (Phi) is 12.3. The molecule has 0 aliphatic carbocycles. The van der Waals surface area contributed by atoms with Crippen molar-refractivity contribution in [2.24, 2.45) is 11.3 Å². The van der Waals surface area contributed by atoms with Crippen molar-refractivity contribution in [3.8, 4) is 0 Å². The van der Waals surface area contributed by atoms with Crippen LogP contribution in [0.3, 0.4) is 0 Å². The van der Waals surface area contributed by atoms with Crippen LogP contribution in [0.5, 0.6) is 0 Å². The number of carboxylic acid groups (broad SMARTS) is 1. The number of carbonyl (C=O) groups excluding carboxylic acids is 3. The molecule has 5 atom stereocenters. The van der Waals surface area contributed by atoms with Crippen LogP contribution in [0.15, 0.2) is 30.3 Å². The van der Waals surface area contributed by atoms with E-state index in [1.807, 2.05) is 78.8 Å². The highest BCUT2D eigenvalue weighted by molar-refractivity contribution is 5.91. The van der Waals surface area contributed by atoms with E-state index in [9.17, 15) is 29.4 Å². The lowest BCUT2D eigenvalue weighted by molar-refractivity contribution is -0.148. The molecule has 0 bridgehead atoms. The van der Waals surface area contributed by atoms with Gasteiger partial charge in [-0.25, -0.2) is 4.79 Å². The van der Waals surface area contributed by atoms with Crippen molar-refractivity contribution in [3.05, 3.63) is 35.9 Å². The number of likely N-dealkylation sites (N-methyl/N-ethyl adjacent to an activating group) is 3. The average molecular weight is 604 g/mol. The van der Waals surface area contributed by atoms with Gasteiger partial charge in [0.25, 0.3) is 0 Å². The van der Waals surface area contributed by atoms with Gasteiger partial charge in [0.1, 0.15) is 12.1 Å². The molecule has 1 fully saturated rings. The molecule has 2 rings (SSSR count). The number of nitrogens with one attached hydrogen (secondary N) is 2. The summed E-state index contributed by atoms with van der Waals surface area (Å²) >= 11 is 0. The standard InChI is InChI=1S/C32H53N5O6/c1-20(2)24(18-35(9)19-25(39)37-17-22(38)16-23(37)30(42)43)36(10)29(41)27(31(3,4)5)34-28(40)26(33-8)32(6,7)21-14-12-11-13-15-21/h11-15,20,22-24,26-27,33,38H,16-19H2,1-10H3,(H,34,40)(H,42,43)/t22-,23+,24-,26-,27-/m1/s1. The number of nitrogens with zero attached hydrogens (tertiary/aromatic N) is 3. The number of rotatable bonds is 13. The quantitative estimate of drug-likeness (QED) is 0.266. The predicted octanol–water partition coefficient (Wildman–Crippen LogP) is 1.54. The van der Waals surface area contributed by atoms with Gasteiger partial charge in [0.05, 0.1) is 18.7 Å². The third-order valence-electron chi connectivity index (χ3n) is 8.59. The normalized spacial score (nSPS) is 19.7. The number of likely N-dealkylation sites (tertiary alicyclic amines) is 1. The molecule has 1 aromatic carbocycles. The Balaban J connectivity index is 2.21. The van der Waals surface area contributed by atoms with Gasteiger partial charge >= 0.3 is 5.97 Å². The summed E-state index contributed by atoms with van der Waals surface area (Å²) in [6, 6.07) is 7.01. The monoisotopic (exact) mass is 603 g/mol. The molecule has 1 heterocycles. The fraction of sp³-hybridized carbons (Fsp3) is 0.688. The molecule has 11 nitrogen and oxygen atoms in total. The Morgan fingerprint density at radius 2 is 1.60 bits per heavy atom. The van der Waals surface area contributed by atoms with E-state index in [-0.39, 0.29) is 49.2 Å². The summed E-state index contributed by atoms with van der Waals surface area (Å²) in [5, 5.41) is 25.6. The van der Waals surface area contributed by atoms with Crippen LogP contribution in [0, 0.1) is 11.3 Å². The number of aliphatic carboxylic acids is 1. The molecule has 0 saturated carbocycles. The van der Waals surface area contributed by atoms with E-state index in [4.69, 9.17) is 0 Å². The summed E-state index contributed by atoms with van der Waals surface area (Å²) in [4.78, 5) is 57.0. The number of amides is 3. The number of aliphatic hydroxyl groups is 1. The van der Waals surface area contributed by atoms with Gasteiger partial charge in [0.15, 0.2) is 0 Å². The zero-order valence-electron chi connectivity index (χ0n) is 27.5. The van der Waals surface area contributed by atoms with Crippen LogP contribution in [0.4, 0.5) is 0 Å². The first-order chi connectivity index (χ1) is 19.8. The fourth-order valence-corrected chi connectivity index (χ4v) is 5.91. The van der Waals surface area contributed by atoms with Crippen molar-refractivity contribution < 1.29 is 29.4 Å². The van der Waals surface area contributed by atoms with E-state index in [2.05, 4.69) is 10.6 Å². The maximum absolute atomic E-state index is 14.1. The molecule has 0 spiro atoms. The van der Waals surface area contributed by atoms with Crippen LogP contribution in [0.25, 0.3) is 0 Å². The molecule has 4 N–H and O–H groups in total. The molecular formula is C32H53N5O6. The number of carboxylic acids is 1. The van der Waals surface area contributed by atoms with E-state index in [0.29, 0.717) is 6.54 Å². The molecule has 43 heavy (non-hydrogen) atoms. The lowest BCUT2D eigenvalue weighted by atomic mass is 9.76. The molecule has 0 unspecified atom stereocenters. The van der Waals surface area contributed by atoms with Gasteiger partial charge < -0.3 is 30.6 Å². The average Bonchev–Trinajstić information content (AvgIpc) is 3.31. The zero-order valence-corrected chi connectivity index (χ0v) is 27.5. The molecule has 1 saturated heterocycles. The van der Waals surface area contributed by atoms with Crippen LogP contribution < -0.4 is 10.6 Å². The minimum absolute atomic E-state index is 0.00744. The Bertz CT molecular complexity index is 1120. The molecule has 0 radical (unpaired) electrons. The Hall–Kier alpha value is -3.02. The van der Waals surface area contributed by atoms with Crippen molar-refractivity contribution >= 4 is 23.7 Å². The zero-order chi connectivity index (χ0) is 32.9. The second-order valence-electron chi connectivity index (χ2n) is 13.9. The molecule has 11 heteroatoms. The van der Waals surface area contributed by atoms with Crippen LogP contribution in [0.2, 0.25) is 0 Å². The fourth-order valence-electron chi connectivity index (χ4n) is 5.91. The van der Waals surface area contributed by atoms with Crippen LogP contribution in [-0.4, -0.2) is 120 Å². The number of carbonyl (C=O) groups is 4. The van der Waals surface area contributed by atoms with Crippen molar-refractivity contribution in [3.63, 3.8) is 0 Å². The molecule has 3 amide bonds. The highest BCUT2D eigenvalue weighted by atomic mass is 16.4. The molecular weight excluding hydrogens is 550 g/mol. The Morgan fingerprint density at radius 3 is 2.09 bits per heavy atom. The molecule has 1 aromatic rings. The van der Waals surface area contributed by atoms with Gasteiger partial charge in [0, 0.05) is 38.0 Å². The lowest BCUT2D eigenvalue weighted by Crippen LogP contribution is -2.62. The summed E-state index contributed by atoms with van der Waals surface area (Å²) in [6.45, 7) is 14.0. The largest absolute Gasteiger partial charge is 0.480 e. The van der Waals surface area contributed by atoms with Crippen molar-refractivity contribution in [1.82, 2.24) is 25.3 Å². The third kappa shape index (κ3) is 9.00. The minimum atomic E-state index is -1.14. The van der Waals surface area contributed by atoms with Crippen molar-refractivity contribution in [2.45, 2.75) is 90.6 Å². The SMILES string of the molecule is CN[C@H](C(=O)N[C@H](C(=O)N(C)[C@H](CN(C)CC(=O)N1C[C@H](O)C[C@H]1C(=O)O)C(C)C)C(C)(C)C)C(C)(C)c1ccccc1. The minimum Gasteiger partial charge on any atom is -0.480 e. The van der Waals surface area contributed by atoms with Gasteiger partial charge in [-0.2, -0.15) is 0 Å². The third-order valence-corrected chi connectivity index (χ3v) is 8.59. The molecule has 1 aliphatic rings. The number of β-amino-alcohol motifs (C(OH)–C–C–N with tert-alkyl or cyclic N) is 1. The number of hydrogen-bond donors (Lipinski definition) is 4. The van der Waals surface area contributed by atoms with Crippen LogP contribution in [-0.2, 0) is 24.6 Å². The van der Waals surface area contributed by atoms with E-state index in [1.165, 1.54) is 4.90 Å². The Labute approximate surface area is 257 Å². The number of aliphatic hydroxyl groups excluding tert-OH is 1. The Morgan fingerprint density at radius 1 is 1.02 bits per heavy atom. The van der Waals surface area contributed by atoms with E-state index < -0.39 is 41.0 Å². The lowest BCUT2D eigenvalue weighted by Gasteiger charge is -2.41. The highest BCUT2D eigenvalue weighted by Gasteiger charge is 2.42. The van der Waals surface area contributed by atoms with Gasteiger partial charge in [0.2, 0.25) is 17.7 Å². The summed E-state index contributed by atoms with van der Waals surface area (Å²) in [5.41, 5.74) is -0.156. The second-order valence-corrected chi connectivity index (χ2v) is 13.9.